The van der Waals surface area contributed by atoms with Gasteiger partial charge in [0, 0.05) is 24.3 Å². The highest BCUT2D eigenvalue weighted by molar-refractivity contribution is 7.90. The summed E-state index contributed by atoms with van der Waals surface area (Å²) in [6.45, 7) is 7.99. The first-order valence-electron chi connectivity index (χ1n) is 13.9. The Balaban J connectivity index is 1.35. The van der Waals surface area contributed by atoms with E-state index < -0.39 is 34.1 Å². The molecule has 0 bridgehead atoms. The molecule has 16 heteroatoms. The lowest BCUT2D eigenvalue weighted by Crippen LogP contribution is -2.37. The zero-order valence-electron chi connectivity index (χ0n) is 24.7. The molecule has 0 saturated carbocycles. The van der Waals surface area contributed by atoms with Gasteiger partial charge in [0.2, 0.25) is 12.3 Å². The standard InChI is InChI=1S/C28H35ClF3N7O4S/c1-27(2)15-17(16-34-27)7-6-13-33-19-8-5-9-22(35-19)44(41,42)38-24(40)18-10-11-20(36-23(18)29)39-14-12-21(37-39)43-26(32)28(3,4)25(30)31/h5,8-12,14,17,25-26,34H,6-7,13,15-16H2,1-4H3,(H,33,35)(H,38,40)/t17-,26?/m0/s1. The van der Waals surface area contributed by atoms with Crippen LogP contribution in [-0.4, -0.2) is 65.5 Å². The van der Waals surface area contributed by atoms with Crippen LogP contribution in [0.5, 0.6) is 5.88 Å². The molecule has 3 aromatic rings. The number of amides is 1. The van der Waals surface area contributed by atoms with Gasteiger partial charge in [-0.2, -0.15) is 8.42 Å². The molecule has 0 aromatic carbocycles. The van der Waals surface area contributed by atoms with E-state index in [2.05, 4.69) is 39.5 Å². The fourth-order valence-corrected chi connectivity index (χ4v) is 5.74. The zero-order valence-corrected chi connectivity index (χ0v) is 26.2. The number of nitrogens with one attached hydrogen (secondary N) is 3. The molecule has 3 aromatic heterocycles. The van der Waals surface area contributed by atoms with Gasteiger partial charge in [-0.15, -0.1) is 5.10 Å². The Kier molecular flexibility index (Phi) is 10.1. The molecule has 0 aliphatic carbocycles. The highest BCUT2D eigenvalue weighted by Gasteiger charge is 2.41. The first-order valence-corrected chi connectivity index (χ1v) is 15.8. The van der Waals surface area contributed by atoms with Crippen LogP contribution < -0.4 is 20.1 Å². The second kappa shape index (κ2) is 13.3. The lowest BCUT2D eigenvalue weighted by Gasteiger charge is -2.26. The number of nitrogens with zero attached hydrogens (tertiary/aromatic N) is 4. The number of carbonyl (C=O) groups is 1. The zero-order chi connectivity index (χ0) is 32.3. The smallest absolute Gasteiger partial charge is 0.281 e. The number of aromatic nitrogens is 4. The molecule has 1 saturated heterocycles. The van der Waals surface area contributed by atoms with Gasteiger partial charge in [-0.25, -0.2) is 32.5 Å². The summed E-state index contributed by atoms with van der Waals surface area (Å²) < 4.78 is 74.3. The van der Waals surface area contributed by atoms with Crippen molar-refractivity contribution in [3.8, 4) is 11.7 Å². The molecular formula is C28H35ClF3N7O4S. The summed E-state index contributed by atoms with van der Waals surface area (Å²) >= 11 is 6.18. The third-order valence-electron chi connectivity index (χ3n) is 7.24. The highest BCUT2D eigenvalue weighted by atomic mass is 35.5. The molecule has 1 aliphatic heterocycles. The maximum Gasteiger partial charge on any atom is 0.281 e. The van der Waals surface area contributed by atoms with Crippen molar-refractivity contribution in [3.05, 3.63) is 53.3 Å². The quantitative estimate of drug-likeness (QED) is 0.171. The SMILES string of the molecule is CC1(C)C[C@H](CCCNc2cccc(S(=O)(=O)NC(=O)c3ccc(-n4ccc(OC(F)C(C)(C)C(F)F)n4)nc3Cl)n2)CN1. The van der Waals surface area contributed by atoms with Crippen LogP contribution in [0.1, 0.15) is 57.3 Å². The number of ether oxygens (including phenoxy) is 1. The van der Waals surface area contributed by atoms with E-state index in [0.29, 0.717) is 18.3 Å². The van der Waals surface area contributed by atoms with E-state index in [1.165, 1.54) is 36.5 Å². The van der Waals surface area contributed by atoms with Crippen molar-refractivity contribution >= 4 is 33.3 Å². The minimum atomic E-state index is -4.36. The average Bonchev–Trinajstić information content (AvgIpc) is 3.56. The molecule has 1 unspecified atom stereocenters. The molecular weight excluding hydrogens is 623 g/mol. The Morgan fingerprint density at radius 3 is 2.61 bits per heavy atom. The van der Waals surface area contributed by atoms with Crippen LogP contribution in [0.2, 0.25) is 5.15 Å². The van der Waals surface area contributed by atoms with Gasteiger partial charge in [0.15, 0.2) is 10.8 Å². The second-order valence-electron chi connectivity index (χ2n) is 11.9. The number of rotatable bonds is 13. The van der Waals surface area contributed by atoms with Crippen LogP contribution in [0, 0.1) is 11.3 Å². The largest absolute Gasteiger partial charge is 0.441 e. The van der Waals surface area contributed by atoms with Gasteiger partial charge < -0.3 is 15.4 Å². The molecule has 1 aliphatic rings. The number of alkyl halides is 3. The fourth-order valence-electron chi connectivity index (χ4n) is 4.57. The minimum absolute atomic E-state index is 0.0705. The van der Waals surface area contributed by atoms with Gasteiger partial charge in [-0.3, -0.25) is 4.79 Å². The first kappa shape index (κ1) is 33.5. The lowest BCUT2D eigenvalue weighted by molar-refractivity contribution is -0.115. The van der Waals surface area contributed by atoms with Crippen LogP contribution >= 0.6 is 11.6 Å². The molecule has 1 fully saturated rings. The van der Waals surface area contributed by atoms with Crippen molar-refractivity contribution in [2.75, 3.05) is 18.4 Å². The van der Waals surface area contributed by atoms with Crippen LogP contribution in [0.15, 0.2) is 47.6 Å². The molecule has 2 atom stereocenters. The van der Waals surface area contributed by atoms with Gasteiger partial charge in [-0.05, 0) is 83.7 Å². The fraction of sp³-hybridized carbons (Fsp3) is 0.500. The van der Waals surface area contributed by atoms with Crippen molar-refractivity contribution in [3.63, 3.8) is 0 Å². The summed E-state index contributed by atoms with van der Waals surface area (Å²) in [4.78, 5) is 21.0. The molecule has 0 radical (unpaired) electrons. The highest BCUT2D eigenvalue weighted by Crippen LogP contribution is 2.32. The Hall–Kier alpha value is -3.43. The summed E-state index contributed by atoms with van der Waals surface area (Å²) in [6.07, 6.45) is -0.975. The number of pyridine rings is 2. The Bertz CT molecular complexity index is 1590. The maximum absolute atomic E-state index is 14.3. The normalized spacial score (nSPS) is 17.4. The summed E-state index contributed by atoms with van der Waals surface area (Å²) in [5.41, 5.74) is -2.17. The van der Waals surface area contributed by atoms with Crippen molar-refractivity contribution in [1.29, 1.82) is 0 Å². The minimum Gasteiger partial charge on any atom is -0.441 e. The number of halogens is 4. The van der Waals surface area contributed by atoms with Crippen molar-refractivity contribution in [1.82, 2.24) is 29.8 Å². The molecule has 1 amide bonds. The Labute approximate surface area is 259 Å². The molecule has 44 heavy (non-hydrogen) atoms. The number of carbonyl (C=O) groups excluding carboxylic acids is 1. The number of hydrogen-bond donors (Lipinski definition) is 3. The van der Waals surface area contributed by atoms with E-state index >= 15 is 0 Å². The summed E-state index contributed by atoms with van der Waals surface area (Å²) in [5, 5.41) is 9.87. The molecule has 4 rings (SSSR count). The third kappa shape index (κ3) is 8.18. The topological polar surface area (TPSA) is 140 Å². The van der Waals surface area contributed by atoms with Gasteiger partial charge in [0.1, 0.15) is 11.0 Å². The van der Waals surface area contributed by atoms with E-state index in [9.17, 15) is 26.4 Å². The third-order valence-corrected chi connectivity index (χ3v) is 8.76. The lowest BCUT2D eigenvalue weighted by atomic mass is 9.94. The predicted molar refractivity (Wildman–Crippen MR) is 158 cm³/mol. The van der Waals surface area contributed by atoms with Gasteiger partial charge in [-0.1, -0.05) is 17.7 Å². The van der Waals surface area contributed by atoms with Crippen LogP contribution in [0.3, 0.4) is 0 Å². The summed E-state index contributed by atoms with van der Waals surface area (Å²) in [7, 11) is -4.36. The van der Waals surface area contributed by atoms with Crippen molar-refractivity contribution in [2.45, 2.75) is 70.3 Å². The molecule has 3 N–H and O–H groups in total. The first-order chi connectivity index (χ1) is 20.6. The van der Waals surface area contributed by atoms with E-state index in [1.54, 1.807) is 6.07 Å². The number of anilines is 1. The van der Waals surface area contributed by atoms with Crippen molar-refractivity contribution in [2.24, 2.45) is 11.3 Å². The maximum atomic E-state index is 14.3. The van der Waals surface area contributed by atoms with Gasteiger partial charge in [0.05, 0.1) is 11.0 Å². The molecule has 0 spiro atoms. The monoisotopic (exact) mass is 657 g/mol. The Morgan fingerprint density at radius 2 is 1.95 bits per heavy atom. The summed E-state index contributed by atoms with van der Waals surface area (Å²) in [5.74, 6) is -0.308. The number of sulfonamides is 1. The van der Waals surface area contributed by atoms with Gasteiger partial charge in [0.25, 0.3) is 22.3 Å². The van der Waals surface area contributed by atoms with Crippen LogP contribution in [0.25, 0.3) is 5.82 Å². The van der Waals surface area contributed by atoms with Crippen LogP contribution in [-0.2, 0) is 10.0 Å². The molecule has 11 nitrogen and oxygen atoms in total. The molecule has 240 valence electrons. The summed E-state index contributed by atoms with van der Waals surface area (Å²) in [6, 6.07) is 8.19. The van der Waals surface area contributed by atoms with E-state index in [1.807, 2.05) is 4.72 Å². The van der Waals surface area contributed by atoms with E-state index in [4.69, 9.17) is 16.3 Å². The van der Waals surface area contributed by atoms with Crippen molar-refractivity contribution < 1.29 is 31.1 Å². The van der Waals surface area contributed by atoms with E-state index in [0.717, 1.165) is 44.3 Å². The van der Waals surface area contributed by atoms with Gasteiger partial charge >= 0.3 is 0 Å². The Morgan fingerprint density at radius 1 is 1.20 bits per heavy atom. The van der Waals surface area contributed by atoms with Crippen LogP contribution in [0.4, 0.5) is 19.0 Å². The average molecular weight is 658 g/mol. The molecule has 4 heterocycles. The second-order valence-corrected chi connectivity index (χ2v) is 13.8. The van der Waals surface area contributed by atoms with E-state index in [-0.39, 0.29) is 33.0 Å². The number of hydrogen-bond acceptors (Lipinski definition) is 9. The predicted octanol–water partition coefficient (Wildman–Crippen LogP) is 4.98.